The predicted octanol–water partition coefficient (Wildman–Crippen LogP) is 2.47. The molecule has 0 saturated carbocycles. The quantitative estimate of drug-likeness (QED) is 0.516. The Labute approximate surface area is 157 Å². The van der Waals surface area contributed by atoms with E-state index in [-0.39, 0.29) is 22.0 Å². The van der Waals surface area contributed by atoms with Crippen LogP contribution in [0, 0.1) is 0 Å². The Hall–Kier alpha value is -1.75. The molecule has 0 spiro atoms. The Morgan fingerprint density at radius 3 is 2.52 bits per heavy atom. The molecule has 1 aromatic carbocycles. The van der Waals surface area contributed by atoms with Crippen LogP contribution in [0.3, 0.4) is 0 Å². The van der Waals surface area contributed by atoms with Crippen LogP contribution in [0.25, 0.3) is 0 Å². The number of nitrogens with one attached hydrogen (secondary N) is 1. The van der Waals surface area contributed by atoms with Crippen LogP contribution >= 0.6 is 27.3 Å². The van der Waals surface area contributed by atoms with Crippen molar-refractivity contribution in [2.45, 2.75) is 4.90 Å². The number of ether oxygens (including phenoxy) is 2. The van der Waals surface area contributed by atoms with E-state index >= 15 is 0 Å². The summed E-state index contributed by atoms with van der Waals surface area (Å²) < 4.78 is 36.9. The van der Waals surface area contributed by atoms with Crippen LogP contribution in [-0.4, -0.2) is 40.9 Å². The van der Waals surface area contributed by atoms with E-state index in [1.165, 1.54) is 37.6 Å². The fraction of sp³-hybridized carbons (Fsp3) is 0.200. The van der Waals surface area contributed by atoms with E-state index < -0.39 is 22.6 Å². The lowest BCUT2D eigenvalue weighted by atomic mass is 10.2. The molecule has 0 amide bonds. The van der Waals surface area contributed by atoms with Gasteiger partial charge in [0.25, 0.3) is 0 Å². The highest BCUT2D eigenvalue weighted by molar-refractivity contribution is 9.11. The van der Waals surface area contributed by atoms with Gasteiger partial charge in [0.15, 0.2) is 6.61 Å². The number of ketones is 1. The maximum Gasteiger partial charge on any atom is 0.338 e. The molecule has 1 N–H and O–H groups in total. The third-order valence-electron chi connectivity index (χ3n) is 3.14. The maximum absolute atomic E-state index is 12.1. The zero-order valence-corrected chi connectivity index (χ0v) is 16.5. The van der Waals surface area contributed by atoms with Crippen LogP contribution in [0.1, 0.15) is 20.0 Å². The number of Topliss-reactive ketones (excluding diaryl/α,β-unsaturated/α-hetero) is 1. The molecule has 0 fully saturated rings. The van der Waals surface area contributed by atoms with Gasteiger partial charge in [-0.25, -0.2) is 17.9 Å². The minimum absolute atomic E-state index is 0.00483. The van der Waals surface area contributed by atoms with Gasteiger partial charge in [-0.3, -0.25) is 4.79 Å². The topological polar surface area (TPSA) is 98.8 Å². The number of hydrogen-bond acceptors (Lipinski definition) is 7. The minimum atomic E-state index is -3.82. The van der Waals surface area contributed by atoms with Crippen molar-refractivity contribution in [3.63, 3.8) is 0 Å². The van der Waals surface area contributed by atoms with Crippen molar-refractivity contribution in [1.29, 1.82) is 0 Å². The Morgan fingerprint density at radius 2 is 1.96 bits per heavy atom. The van der Waals surface area contributed by atoms with Crippen molar-refractivity contribution in [2.75, 3.05) is 20.8 Å². The third-order valence-corrected chi connectivity index (χ3v) is 6.24. The molecule has 10 heteroatoms. The predicted molar refractivity (Wildman–Crippen MR) is 95.9 cm³/mol. The first kappa shape index (κ1) is 19.6. The van der Waals surface area contributed by atoms with Gasteiger partial charge in [0, 0.05) is 0 Å². The number of esters is 1. The summed E-state index contributed by atoms with van der Waals surface area (Å²) in [4.78, 5) is 24.3. The molecular weight excluding hydrogens is 434 g/mol. The molecule has 0 atom stereocenters. The molecule has 0 aliphatic carbocycles. The molecule has 0 bridgehead atoms. The summed E-state index contributed by atoms with van der Waals surface area (Å²) in [5.41, 5.74) is -0.00483. The van der Waals surface area contributed by atoms with Crippen molar-refractivity contribution in [3.05, 3.63) is 44.6 Å². The van der Waals surface area contributed by atoms with Crippen molar-refractivity contribution in [2.24, 2.45) is 0 Å². The molecule has 134 valence electrons. The van der Waals surface area contributed by atoms with Crippen molar-refractivity contribution < 1.29 is 27.5 Å². The minimum Gasteiger partial charge on any atom is -0.495 e. The van der Waals surface area contributed by atoms with Crippen LogP contribution in [0.4, 0.5) is 0 Å². The molecule has 2 rings (SSSR count). The summed E-state index contributed by atoms with van der Waals surface area (Å²) >= 11 is 4.48. The highest BCUT2D eigenvalue weighted by Crippen LogP contribution is 2.25. The van der Waals surface area contributed by atoms with Crippen LogP contribution in [0.2, 0.25) is 0 Å². The summed E-state index contributed by atoms with van der Waals surface area (Å²) in [5.74, 6) is -1.06. The maximum atomic E-state index is 12.1. The van der Waals surface area contributed by atoms with E-state index in [4.69, 9.17) is 9.47 Å². The Bertz CT molecular complexity index is 906. The molecule has 1 aromatic heterocycles. The van der Waals surface area contributed by atoms with E-state index in [1.807, 2.05) is 0 Å². The lowest BCUT2D eigenvalue weighted by molar-refractivity contribution is 0.0475. The van der Waals surface area contributed by atoms with Gasteiger partial charge in [-0.15, -0.1) is 11.3 Å². The van der Waals surface area contributed by atoms with Crippen molar-refractivity contribution >= 4 is 49.0 Å². The summed E-state index contributed by atoms with van der Waals surface area (Å²) in [6.45, 7) is -0.439. The van der Waals surface area contributed by atoms with Gasteiger partial charge in [0.1, 0.15) is 10.6 Å². The van der Waals surface area contributed by atoms with Crippen LogP contribution < -0.4 is 9.46 Å². The molecule has 0 aliphatic heterocycles. The second-order valence-electron chi connectivity index (χ2n) is 4.68. The second-order valence-corrected chi connectivity index (χ2v) is 8.99. The zero-order chi connectivity index (χ0) is 18.6. The molecule has 2 aromatic rings. The molecule has 0 unspecified atom stereocenters. The van der Waals surface area contributed by atoms with Gasteiger partial charge < -0.3 is 9.47 Å². The third kappa shape index (κ3) is 4.66. The Morgan fingerprint density at radius 1 is 1.24 bits per heavy atom. The highest BCUT2D eigenvalue weighted by atomic mass is 79.9. The first-order valence-electron chi connectivity index (χ1n) is 6.85. The molecule has 1 heterocycles. The first-order chi connectivity index (χ1) is 11.8. The second kappa shape index (κ2) is 8.09. The average Bonchev–Trinajstić information content (AvgIpc) is 3.05. The molecule has 0 aliphatic rings. The SMILES string of the molecule is CNS(=O)(=O)c1cc(C(=O)OCC(=O)c2ccc(Br)s2)ccc1OC. The van der Waals surface area contributed by atoms with Gasteiger partial charge >= 0.3 is 5.97 Å². The summed E-state index contributed by atoms with van der Waals surface area (Å²) in [6, 6.07) is 7.19. The van der Waals surface area contributed by atoms with Crippen LogP contribution in [-0.2, 0) is 14.8 Å². The Balaban J connectivity index is 2.17. The molecule has 0 saturated heterocycles. The van der Waals surface area contributed by atoms with Crippen molar-refractivity contribution in [1.82, 2.24) is 4.72 Å². The number of carbonyl (C=O) groups excluding carboxylic acids is 2. The number of thiophene rings is 1. The lowest BCUT2D eigenvalue weighted by Gasteiger charge is -2.10. The molecule has 7 nitrogen and oxygen atoms in total. The van der Waals surface area contributed by atoms with Gasteiger partial charge in [-0.05, 0) is 53.3 Å². The highest BCUT2D eigenvalue weighted by Gasteiger charge is 2.21. The lowest BCUT2D eigenvalue weighted by Crippen LogP contribution is -2.20. The fourth-order valence-corrected chi connectivity index (χ4v) is 4.10. The van der Waals surface area contributed by atoms with E-state index in [2.05, 4.69) is 20.7 Å². The number of halogens is 1. The zero-order valence-electron chi connectivity index (χ0n) is 13.2. The van der Waals surface area contributed by atoms with Crippen LogP contribution in [0.5, 0.6) is 5.75 Å². The van der Waals surface area contributed by atoms with Gasteiger partial charge in [0.2, 0.25) is 15.8 Å². The van der Waals surface area contributed by atoms with E-state index in [0.29, 0.717) is 4.88 Å². The molecular formula is C15H14BrNO6S2. The number of sulfonamides is 1. The largest absolute Gasteiger partial charge is 0.495 e. The summed E-state index contributed by atoms with van der Waals surface area (Å²) in [6.07, 6.45) is 0. The standard InChI is InChI=1S/C15H14BrNO6S2/c1-17-25(20,21)13-7-9(3-4-11(13)22-2)15(19)23-8-10(18)12-5-6-14(16)24-12/h3-7,17H,8H2,1-2H3. The fourth-order valence-electron chi connectivity index (χ4n) is 1.87. The van der Waals surface area contributed by atoms with E-state index in [0.717, 1.165) is 9.85 Å². The number of rotatable bonds is 7. The summed E-state index contributed by atoms with van der Waals surface area (Å²) in [7, 11) is -1.25. The number of benzene rings is 1. The molecule has 25 heavy (non-hydrogen) atoms. The molecule has 0 radical (unpaired) electrons. The average molecular weight is 448 g/mol. The first-order valence-corrected chi connectivity index (χ1v) is 9.95. The number of carbonyl (C=O) groups is 2. The smallest absolute Gasteiger partial charge is 0.338 e. The normalized spacial score (nSPS) is 11.2. The van der Waals surface area contributed by atoms with E-state index in [9.17, 15) is 18.0 Å². The van der Waals surface area contributed by atoms with Gasteiger partial charge in [0.05, 0.1) is 21.3 Å². The Kier molecular flexibility index (Phi) is 6.33. The number of methoxy groups -OCH3 is 1. The summed E-state index contributed by atoms with van der Waals surface area (Å²) in [5, 5.41) is 0. The monoisotopic (exact) mass is 447 g/mol. The number of hydrogen-bond donors (Lipinski definition) is 1. The van der Waals surface area contributed by atoms with Gasteiger partial charge in [-0.1, -0.05) is 0 Å². The van der Waals surface area contributed by atoms with Crippen LogP contribution in [0.15, 0.2) is 39.0 Å². The van der Waals surface area contributed by atoms with Gasteiger partial charge in [-0.2, -0.15) is 0 Å². The van der Waals surface area contributed by atoms with Crippen molar-refractivity contribution in [3.8, 4) is 5.75 Å². The van der Waals surface area contributed by atoms with E-state index in [1.54, 1.807) is 12.1 Å².